The molecule has 0 radical (unpaired) electrons. The van der Waals surface area contributed by atoms with Gasteiger partial charge in [-0.05, 0) is 19.4 Å². The molecule has 11 heavy (non-hydrogen) atoms. The normalized spacial score (nSPS) is 30.4. The van der Waals surface area contributed by atoms with Gasteiger partial charge in [-0.3, -0.25) is 4.79 Å². The molecule has 0 spiro atoms. The summed E-state index contributed by atoms with van der Waals surface area (Å²) in [4.78, 5) is 11.2. The maximum absolute atomic E-state index is 11.2. The Bertz CT molecular complexity index is 147. The molecular formula is C8H15NO2. The molecule has 0 bridgehead atoms. The molecule has 1 rings (SSSR count). The Labute approximate surface area is 67.1 Å². The third-order valence-electron chi connectivity index (χ3n) is 2.11. The molecule has 1 unspecified atom stereocenters. The van der Waals surface area contributed by atoms with Crippen molar-refractivity contribution < 1.29 is 9.53 Å². The largest absolute Gasteiger partial charge is 0.466 e. The van der Waals surface area contributed by atoms with Crippen molar-refractivity contribution in [3.8, 4) is 0 Å². The van der Waals surface area contributed by atoms with Gasteiger partial charge in [-0.1, -0.05) is 6.92 Å². The van der Waals surface area contributed by atoms with Gasteiger partial charge in [0.1, 0.15) is 0 Å². The van der Waals surface area contributed by atoms with Crippen LogP contribution >= 0.6 is 0 Å². The van der Waals surface area contributed by atoms with Crippen molar-refractivity contribution in [2.45, 2.75) is 13.8 Å². The van der Waals surface area contributed by atoms with Gasteiger partial charge < -0.3 is 10.1 Å². The van der Waals surface area contributed by atoms with Gasteiger partial charge >= 0.3 is 5.97 Å². The number of carbonyl (C=O) groups excluding carboxylic acids is 1. The Morgan fingerprint density at radius 1 is 1.64 bits per heavy atom. The van der Waals surface area contributed by atoms with Gasteiger partial charge in [-0.25, -0.2) is 0 Å². The number of carbonyl (C=O) groups is 1. The van der Waals surface area contributed by atoms with Crippen molar-refractivity contribution in [1.82, 2.24) is 5.32 Å². The van der Waals surface area contributed by atoms with Gasteiger partial charge in [0, 0.05) is 6.54 Å². The molecule has 64 valence electrons. The van der Waals surface area contributed by atoms with Crippen molar-refractivity contribution in [3.05, 3.63) is 0 Å². The molecular weight excluding hydrogens is 142 g/mol. The van der Waals surface area contributed by atoms with E-state index in [4.69, 9.17) is 4.74 Å². The van der Waals surface area contributed by atoms with Crippen LogP contribution in [0.25, 0.3) is 0 Å². The summed E-state index contributed by atoms with van der Waals surface area (Å²) in [7, 11) is 0. The maximum atomic E-state index is 11.2. The van der Waals surface area contributed by atoms with Gasteiger partial charge in [-0.2, -0.15) is 0 Å². The zero-order valence-corrected chi connectivity index (χ0v) is 7.09. The highest BCUT2D eigenvalue weighted by Crippen LogP contribution is 2.16. The van der Waals surface area contributed by atoms with E-state index in [1.54, 1.807) is 0 Å². The summed E-state index contributed by atoms with van der Waals surface area (Å²) in [6, 6.07) is 0. The topological polar surface area (TPSA) is 38.3 Å². The molecule has 1 N–H and O–H groups in total. The summed E-state index contributed by atoms with van der Waals surface area (Å²) in [6.07, 6.45) is 0. The minimum atomic E-state index is -0.0509. The second-order valence-electron chi connectivity index (χ2n) is 2.99. The second-order valence-corrected chi connectivity index (χ2v) is 2.99. The fourth-order valence-corrected chi connectivity index (χ4v) is 1.37. The summed E-state index contributed by atoms with van der Waals surface area (Å²) in [5, 5.41) is 3.16. The lowest BCUT2D eigenvalue weighted by Gasteiger charge is -2.11. The quantitative estimate of drug-likeness (QED) is 0.590. The van der Waals surface area contributed by atoms with Crippen LogP contribution in [-0.4, -0.2) is 25.7 Å². The molecule has 0 aromatic rings. The molecule has 2 atom stereocenters. The summed E-state index contributed by atoms with van der Waals surface area (Å²) >= 11 is 0. The molecule has 0 aromatic carbocycles. The molecule has 0 aromatic heterocycles. The van der Waals surface area contributed by atoms with Crippen LogP contribution in [0.4, 0.5) is 0 Å². The van der Waals surface area contributed by atoms with Crippen molar-refractivity contribution in [1.29, 1.82) is 0 Å². The first-order valence-corrected chi connectivity index (χ1v) is 4.13. The lowest BCUT2D eigenvalue weighted by molar-refractivity contribution is -0.148. The second kappa shape index (κ2) is 3.72. The van der Waals surface area contributed by atoms with Crippen LogP contribution in [0.5, 0.6) is 0 Å². The average molecular weight is 157 g/mol. The lowest BCUT2D eigenvalue weighted by atomic mass is 9.99. The fourth-order valence-electron chi connectivity index (χ4n) is 1.37. The molecule has 1 fully saturated rings. The van der Waals surface area contributed by atoms with Crippen molar-refractivity contribution in [3.63, 3.8) is 0 Å². The predicted octanol–water partition coefficient (Wildman–Crippen LogP) is 0.405. The van der Waals surface area contributed by atoms with E-state index in [0.29, 0.717) is 12.5 Å². The number of hydrogen-bond donors (Lipinski definition) is 1. The SMILES string of the molecule is CCOC(=O)[C@H]1CNCC1C. The van der Waals surface area contributed by atoms with E-state index < -0.39 is 0 Å². The highest BCUT2D eigenvalue weighted by molar-refractivity contribution is 5.73. The molecule has 1 saturated heterocycles. The van der Waals surface area contributed by atoms with Gasteiger partial charge in [-0.15, -0.1) is 0 Å². The van der Waals surface area contributed by atoms with Crippen LogP contribution in [0.1, 0.15) is 13.8 Å². The number of rotatable bonds is 2. The molecule has 0 amide bonds. The number of esters is 1. The highest BCUT2D eigenvalue weighted by Gasteiger charge is 2.30. The van der Waals surface area contributed by atoms with Gasteiger partial charge in [0.2, 0.25) is 0 Å². The van der Waals surface area contributed by atoms with E-state index in [1.807, 2.05) is 6.92 Å². The Hall–Kier alpha value is -0.570. The minimum Gasteiger partial charge on any atom is -0.466 e. The molecule has 3 nitrogen and oxygen atoms in total. The van der Waals surface area contributed by atoms with Gasteiger partial charge in [0.25, 0.3) is 0 Å². The zero-order valence-electron chi connectivity index (χ0n) is 7.09. The number of nitrogens with one attached hydrogen (secondary N) is 1. The molecule has 1 heterocycles. The van der Waals surface area contributed by atoms with Crippen LogP contribution in [0, 0.1) is 11.8 Å². The molecule has 0 saturated carbocycles. The average Bonchev–Trinajstić information content (AvgIpc) is 2.36. The minimum absolute atomic E-state index is 0.0509. The first-order valence-electron chi connectivity index (χ1n) is 4.13. The van der Waals surface area contributed by atoms with Crippen LogP contribution in [0.15, 0.2) is 0 Å². The summed E-state index contributed by atoms with van der Waals surface area (Å²) < 4.78 is 4.92. The Morgan fingerprint density at radius 2 is 2.36 bits per heavy atom. The lowest BCUT2D eigenvalue weighted by Crippen LogP contribution is -2.23. The first-order chi connectivity index (χ1) is 5.25. The van der Waals surface area contributed by atoms with E-state index in [2.05, 4.69) is 12.2 Å². The van der Waals surface area contributed by atoms with Crippen LogP contribution in [-0.2, 0) is 9.53 Å². The smallest absolute Gasteiger partial charge is 0.310 e. The zero-order chi connectivity index (χ0) is 8.27. The van der Waals surface area contributed by atoms with Gasteiger partial charge in [0.05, 0.1) is 12.5 Å². The predicted molar refractivity (Wildman–Crippen MR) is 42.2 cm³/mol. The van der Waals surface area contributed by atoms with E-state index in [1.165, 1.54) is 0 Å². The maximum Gasteiger partial charge on any atom is 0.310 e. The highest BCUT2D eigenvalue weighted by atomic mass is 16.5. The van der Waals surface area contributed by atoms with Crippen LogP contribution < -0.4 is 5.32 Å². The Morgan fingerprint density at radius 3 is 2.82 bits per heavy atom. The van der Waals surface area contributed by atoms with Crippen molar-refractivity contribution in [2.75, 3.05) is 19.7 Å². The van der Waals surface area contributed by atoms with Crippen LogP contribution in [0.2, 0.25) is 0 Å². The monoisotopic (exact) mass is 157 g/mol. The van der Waals surface area contributed by atoms with E-state index >= 15 is 0 Å². The van der Waals surface area contributed by atoms with Crippen molar-refractivity contribution >= 4 is 5.97 Å². The van der Waals surface area contributed by atoms with Crippen molar-refractivity contribution in [2.24, 2.45) is 11.8 Å². The standard InChI is InChI=1S/C8H15NO2/c1-3-11-8(10)7-5-9-4-6(7)2/h6-7,9H,3-5H2,1-2H3/t6?,7-/m0/s1. The van der Waals surface area contributed by atoms with E-state index in [0.717, 1.165) is 13.1 Å². The Kier molecular flexibility index (Phi) is 2.88. The number of hydrogen-bond acceptors (Lipinski definition) is 3. The first kappa shape index (κ1) is 8.53. The molecule has 1 aliphatic heterocycles. The van der Waals surface area contributed by atoms with E-state index in [9.17, 15) is 4.79 Å². The summed E-state index contributed by atoms with van der Waals surface area (Å²) in [5.41, 5.74) is 0. The van der Waals surface area contributed by atoms with Crippen LogP contribution in [0.3, 0.4) is 0 Å². The van der Waals surface area contributed by atoms with E-state index in [-0.39, 0.29) is 11.9 Å². The third kappa shape index (κ3) is 1.93. The third-order valence-corrected chi connectivity index (χ3v) is 2.11. The molecule has 0 aliphatic carbocycles. The summed E-state index contributed by atoms with van der Waals surface area (Å²) in [6.45, 7) is 6.11. The fraction of sp³-hybridized carbons (Fsp3) is 0.875. The van der Waals surface area contributed by atoms with Gasteiger partial charge in [0.15, 0.2) is 0 Å². The molecule has 3 heteroatoms. The molecule has 1 aliphatic rings. The summed E-state index contributed by atoms with van der Waals surface area (Å²) in [5.74, 6) is 0.453. The Balaban J connectivity index is 2.39. The number of ether oxygens (including phenoxy) is 1.